The third-order valence-electron chi connectivity index (χ3n) is 4.55. The first-order valence-corrected chi connectivity index (χ1v) is 9.08. The maximum Gasteiger partial charge on any atom is 0.251 e. The van der Waals surface area contributed by atoms with Gasteiger partial charge in [0.25, 0.3) is 5.91 Å². The molecule has 0 aliphatic carbocycles. The molecule has 2 aromatic carbocycles. The van der Waals surface area contributed by atoms with Gasteiger partial charge in [-0.05, 0) is 36.2 Å². The maximum absolute atomic E-state index is 12.3. The summed E-state index contributed by atoms with van der Waals surface area (Å²) in [6, 6.07) is 15.6. The summed E-state index contributed by atoms with van der Waals surface area (Å²) in [4.78, 5) is 27.3. The van der Waals surface area contributed by atoms with E-state index in [-0.39, 0.29) is 11.8 Å². The standard InChI is InChI=1S/C21H25N3O2/c1-23(2)15-17-7-5-16(6-8-17)14-22-21(26)18-9-11-19(12-10-18)24-13-3-4-20(24)25/h5-12H,3-4,13-15H2,1-2H3,(H,22,26)/p+1. The topological polar surface area (TPSA) is 53.9 Å². The highest BCUT2D eigenvalue weighted by Crippen LogP contribution is 2.21. The van der Waals surface area contributed by atoms with E-state index in [1.165, 1.54) is 10.5 Å². The number of nitrogens with zero attached hydrogens (tertiary/aromatic N) is 1. The first-order valence-electron chi connectivity index (χ1n) is 9.08. The van der Waals surface area contributed by atoms with Crippen LogP contribution in [0.5, 0.6) is 0 Å². The van der Waals surface area contributed by atoms with E-state index < -0.39 is 0 Å². The van der Waals surface area contributed by atoms with Crippen molar-refractivity contribution in [2.75, 3.05) is 25.5 Å². The van der Waals surface area contributed by atoms with Crippen molar-refractivity contribution in [2.24, 2.45) is 0 Å². The van der Waals surface area contributed by atoms with Gasteiger partial charge in [-0.3, -0.25) is 9.59 Å². The fourth-order valence-corrected chi connectivity index (χ4v) is 3.18. The van der Waals surface area contributed by atoms with Crippen molar-refractivity contribution >= 4 is 17.5 Å². The molecular weight excluding hydrogens is 326 g/mol. The van der Waals surface area contributed by atoms with Crippen LogP contribution in [-0.2, 0) is 17.9 Å². The summed E-state index contributed by atoms with van der Waals surface area (Å²) in [6.45, 7) is 2.24. The molecule has 0 atom stereocenters. The Bertz CT molecular complexity index is 767. The molecule has 3 rings (SSSR count). The molecule has 1 fully saturated rings. The third kappa shape index (κ3) is 4.49. The smallest absolute Gasteiger partial charge is 0.251 e. The Morgan fingerprint density at radius 3 is 2.27 bits per heavy atom. The van der Waals surface area contributed by atoms with Gasteiger partial charge in [0.15, 0.2) is 0 Å². The number of quaternary nitrogens is 1. The first-order chi connectivity index (χ1) is 12.5. The molecule has 0 unspecified atom stereocenters. The molecule has 1 heterocycles. The zero-order chi connectivity index (χ0) is 18.5. The summed E-state index contributed by atoms with van der Waals surface area (Å²) in [6.07, 6.45) is 1.51. The molecule has 0 bridgehead atoms. The second-order valence-electron chi connectivity index (χ2n) is 7.08. The zero-order valence-corrected chi connectivity index (χ0v) is 15.4. The Labute approximate surface area is 154 Å². The number of hydrogen-bond acceptors (Lipinski definition) is 2. The highest BCUT2D eigenvalue weighted by Gasteiger charge is 2.21. The number of carbonyl (C=O) groups is 2. The van der Waals surface area contributed by atoms with E-state index >= 15 is 0 Å². The molecule has 5 nitrogen and oxygen atoms in total. The Hall–Kier alpha value is -2.66. The third-order valence-corrected chi connectivity index (χ3v) is 4.55. The van der Waals surface area contributed by atoms with Crippen LogP contribution in [0.15, 0.2) is 48.5 Å². The second kappa shape index (κ2) is 8.15. The van der Waals surface area contributed by atoms with Crippen LogP contribution in [0.25, 0.3) is 0 Å². The van der Waals surface area contributed by atoms with Crippen LogP contribution in [0.3, 0.4) is 0 Å². The average molecular weight is 352 g/mol. The molecule has 0 aromatic heterocycles. The summed E-state index contributed by atoms with van der Waals surface area (Å²) in [5.74, 6) is 0.0487. The number of benzene rings is 2. The van der Waals surface area contributed by atoms with Crippen molar-refractivity contribution in [1.82, 2.24) is 5.32 Å². The van der Waals surface area contributed by atoms with Crippen molar-refractivity contribution < 1.29 is 14.5 Å². The number of amides is 2. The number of rotatable bonds is 6. The molecule has 1 aliphatic rings. The van der Waals surface area contributed by atoms with Crippen LogP contribution in [0.2, 0.25) is 0 Å². The minimum absolute atomic E-state index is 0.105. The quantitative estimate of drug-likeness (QED) is 0.825. The van der Waals surface area contributed by atoms with E-state index in [0.717, 1.165) is 30.8 Å². The Kier molecular flexibility index (Phi) is 5.68. The Balaban J connectivity index is 1.55. The molecule has 0 radical (unpaired) electrons. The molecule has 26 heavy (non-hydrogen) atoms. The summed E-state index contributed by atoms with van der Waals surface area (Å²) >= 11 is 0. The second-order valence-corrected chi connectivity index (χ2v) is 7.08. The van der Waals surface area contributed by atoms with Gasteiger partial charge in [0, 0.05) is 36.3 Å². The minimum atomic E-state index is -0.105. The van der Waals surface area contributed by atoms with E-state index in [1.807, 2.05) is 12.1 Å². The van der Waals surface area contributed by atoms with Gasteiger partial charge in [-0.2, -0.15) is 0 Å². The minimum Gasteiger partial charge on any atom is -0.348 e. The van der Waals surface area contributed by atoms with Crippen molar-refractivity contribution in [1.29, 1.82) is 0 Å². The van der Waals surface area contributed by atoms with Crippen molar-refractivity contribution in [2.45, 2.75) is 25.9 Å². The van der Waals surface area contributed by atoms with E-state index in [2.05, 4.69) is 43.7 Å². The molecule has 1 aliphatic heterocycles. The predicted molar refractivity (Wildman–Crippen MR) is 102 cm³/mol. The lowest BCUT2D eigenvalue weighted by Gasteiger charge is -2.15. The SMILES string of the molecule is C[NH+](C)Cc1ccc(CNC(=O)c2ccc(N3CCCC3=O)cc2)cc1. The van der Waals surface area contributed by atoms with Gasteiger partial charge in [-0.25, -0.2) is 0 Å². The van der Waals surface area contributed by atoms with Crippen LogP contribution in [0.4, 0.5) is 5.69 Å². The summed E-state index contributed by atoms with van der Waals surface area (Å²) in [5.41, 5.74) is 3.83. The first kappa shape index (κ1) is 18.1. The van der Waals surface area contributed by atoms with Gasteiger partial charge in [-0.15, -0.1) is 0 Å². The van der Waals surface area contributed by atoms with Crippen molar-refractivity contribution in [3.63, 3.8) is 0 Å². The highest BCUT2D eigenvalue weighted by molar-refractivity contribution is 5.97. The number of anilines is 1. The van der Waals surface area contributed by atoms with Gasteiger partial charge >= 0.3 is 0 Å². The molecule has 2 amide bonds. The van der Waals surface area contributed by atoms with E-state index in [0.29, 0.717) is 18.5 Å². The summed E-state index contributed by atoms with van der Waals surface area (Å²) in [5, 5.41) is 2.95. The highest BCUT2D eigenvalue weighted by atomic mass is 16.2. The van der Waals surface area contributed by atoms with E-state index in [4.69, 9.17) is 0 Å². The largest absolute Gasteiger partial charge is 0.348 e. The van der Waals surface area contributed by atoms with Crippen LogP contribution >= 0.6 is 0 Å². The van der Waals surface area contributed by atoms with Gasteiger partial charge in [0.1, 0.15) is 6.54 Å². The zero-order valence-electron chi connectivity index (χ0n) is 15.4. The van der Waals surface area contributed by atoms with Gasteiger partial charge in [0.2, 0.25) is 5.91 Å². The lowest BCUT2D eigenvalue weighted by molar-refractivity contribution is -0.872. The molecule has 2 N–H and O–H groups in total. The van der Waals surface area contributed by atoms with Crippen molar-refractivity contribution in [3.8, 4) is 0 Å². The molecule has 5 heteroatoms. The van der Waals surface area contributed by atoms with Gasteiger partial charge in [-0.1, -0.05) is 24.3 Å². The van der Waals surface area contributed by atoms with E-state index in [1.54, 1.807) is 17.0 Å². The van der Waals surface area contributed by atoms with Crippen LogP contribution in [0, 0.1) is 0 Å². The molecule has 0 saturated carbocycles. The summed E-state index contributed by atoms with van der Waals surface area (Å²) in [7, 11) is 4.25. The number of hydrogen-bond donors (Lipinski definition) is 2. The van der Waals surface area contributed by atoms with Crippen LogP contribution in [0.1, 0.15) is 34.3 Å². The molecule has 136 valence electrons. The molecular formula is C21H26N3O2+. The Morgan fingerprint density at radius 2 is 1.69 bits per heavy atom. The fourth-order valence-electron chi connectivity index (χ4n) is 3.18. The van der Waals surface area contributed by atoms with Gasteiger partial charge < -0.3 is 15.1 Å². The Morgan fingerprint density at radius 1 is 1.04 bits per heavy atom. The monoisotopic (exact) mass is 352 g/mol. The summed E-state index contributed by atoms with van der Waals surface area (Å²) < 4.78 is 0. The average Bonchev–Trinajstić information content (AvgIpc) is 3.06. The lowest BCUT2D eigenvalue weighted by Crippen LogP contribution is -3.04. The van der Waals surface area contributed by atoms with E-state index in [9.17, 15) is 9.59 Å². The molecule has 1 saturated heterocycles. The maximum atomic E-state index is 12.3. The molecule has 0 spiro atoms. The van der Waals surface area contributed by atoms with Gasteiger partial charge in [0.05, 0.1) is 14.1 Å². The van der Waals surface area contributed by atoms with Crippen LogP contribution in [-0.4, -0.2) is 32.5 Å². The van der Waals surface area contributed by atoms with Crippen LogP contribution < -0.4 is 15.1 Å². The number of carbonyl (C=O) groups excluding carboxylic acids is 2. The normalized spacial score (nSPS) is 14.1. The molecule has 2 aromatic rings. The number of nitrogens with one attached hydrogen (secondary N) is 2. The lowest BCUT2D eigenvalue weighted by atomic mass is 10.1. The predicted octanol–water partition coefficient (Wildman–Crippen LogP) is 1.39. The van der Waals surface area contributed by atoms with Crippen molar-refractivity contribution in [3.05, 3.63) is 65.2 Å². The fraction of sp³-hybridized carbons (Fsp3) is 0.333.